The van der Waals surface area contributed by atoms with Crippen molar-refractivity contribution in [3.05, 3.63) is 45.1 Å². The Morgan fingerprint density at radius 1 is 1.03 bits per heavy atom. The topological polar surface area (TPSA) is 110 Å². The molecule has 0 fully saturated rings. The van der Waals surface area contributed by atoms with E-state index in [0.29, 0.717) is 5.75 Å². The molecule has 0 saturated carbocycles. The van der Waals surface area contributed by atoms with Crippen LogP contribution in [0, 0.1) is 10.1 Å². The average Bonchev–Trinajstić information content (AvgIpc) is 2.61. The molecule has 0 radical (unpaired) electrons. The average molecular weight is 427 g/mol. The van der Waals surface area contributed by atoms with Crippen molar-refractivity contribution in [2.24, 2.45) is 0 Å². The number of carboxylic acids is 1. The molecular formula is C21H34N2O5S. The SMILES string of the molecule is CC(C)=CCC/C(C)=C/CC/C(C)=C/CSC[C@H](NC(=O)CC[N+](=O)[O-])C(=O)O. The van der Waals surface area contributed by atoms with Gasteiger partial charge in [0.25, 0.3) is 0 Å². The van der Waals surface area contributed by atoms with E-state index >= 15 is 0 Å². The summed E-state index contributed by atoms with van der Waals surface area (Å²) >= 11 is 1.41. The number of carbonyl (C=O) groups excluding carboxylic acids is 1. The lowest BCUT2D eigenvalue weighted by Gasteiger charge is -2.13. The van der Waals surface area contributed by atoms with Gasteiger partial charge in [-0.15, -0.1) is 0 Å². The van der Waals surface area contributed by atoms with Gasteiger partial charge in [0.05, 0.1) is 6.42 Å². The summed E-state index contributed by atoms with van der Waals surface area (Å²) in [6.45, 7) is 7.92. The lowest BCUT2D eigenvalue weighted by atomic mass is 10.1. The van der Waals surface area contributed by atoms with E-state index in [2.05, 4.69) is 51.2 Å². The highest BCUT2D eigenvalue weighted by atomic mass is 32.2. The smallest absolute Gasteiger partial charge is 0.327 e. The number of allylic oxidation sites excluding steroid dienone is 5. The van der Waals surface area contributed by atoms with Crippen molar-refractivity contribution in [1.29, 1.82) is 0 Å². The fourth-order valence-corrected chi connectivity index (χ4v) is 3.36. The Bertz CT molecular complexity index is 637. The number of carbonyl (C=O) groups is 2. The van der Waals surface area contributed by atoms with E-state index in [4.69, 9.17) is 0 Å². The molecule has 0 unspecified atom stereocenters. The molecule has 0 spiro atoms. The Hall–Kier alpha value is -2.09. The molecule has 0 aliphatic rings. The molecule has 0 bridgehead atoms. The van der Waals surface area contributed by atoms with Crippen molar-refractivity contribution in [2.75, 3.05) is 18.1 Å². The zero-order valence-corrected chi connectivity index (χ0v) is 18.7. The predicted octanol–water partition coefficient (Wildman–Crippen LogP) is 4.38. The number of aliphatic carboxylic acids is 1. The number of nitrogens with zero attached hydrogens (tertiary/aromatic N) is 1. The van der Waals surface area contributed by atoms with Gasteiger partial charge in [0.1, 0.15) is 6.04 Å². The van der Waals surface area contributed by atoms with Gasteiger partial charge in [0.2, 0.25) is 12.5 Å². The maximum Gasteiger partial charge on any atom is 0.327 e. The van der Waals surface area contributed by atoms with Crippen LogP contribution in [0.4, 0.5) is 0 Å². The molecule has 0 aliphatic carbocycles. The van der Waals surface area contributed by atoms with Crippen molar-refractivity contribution in [3.8, 4) is 0 Å². The number of amides is 1. The number of hydrogen-bond acceptors (Lipinski definition) is 5. The first-order valence-electron chi connectivity index (χ1n) is 9.78. The van der Waals surface area contributed by atoms with Crippen LogP contribution in [0.5, 0.6) is 0 Å². The van der Waals surface area contributed by atoms with Gasteiger partial charge in [-0.3, -0.25) is 14.9 Å². The van der Waals surface area contributed by atoms with Gasteiger partial charge < -0.3 is 10.4 Å². The van der Waals surface area contributed by atoms with Crippen LogP contribution in [0.3, 0.4) is 0 Å². The van der Waals surface area contributed by atoms with Crippen LogP contribution in [0.1, 0.15) is 59.8 Å². The Kier molecular flexibility index (Phi) is 14.7. The molecule has 1 atom stereocenters. The van der Waals surface area contributed by atoms with Crippen LogP contribution in [-0.4, -0.2) is 46.0 Å². The number of carboxylic acid groups (broad SMARTS) is 1. The summed E-state index contributed by atoms with van der Waals surface area (Å²) in [7, 11) is 0. The van der Waals surface area contributed by atoms with E-state index in [0.717, 1.165) is 25.7 Å². The highest BCUT2D eigenvalue weighted by molar-refractivity contribution is 7.99. The third-order valence-electron chi connectivity index (χ3n) is 4.11. The largest absolute Gasteiger partial charge is 0.480 e. The summed E-state index contributed by atoms with van der Waals surface area (Å²) in [5.41, 5.74) is 3.98. The van der Waals surface area contributed by atoms with Crippen molar-refractivity contribution in [2.45, 2.75) is 65.8 Å². The van der Waals surface area contributed by atoms with E-state index in [-0.39, 0.29) is 12.2 Å². The van der Waals surface area contributed by atoms with Crippen molar-refractivity contribution >= 4 is 23.6 Å². The standard InChI is InChI=1S/C21H34N2O5S/c1-16(2)7-5-8-17(3)9-6-10-18(4)12-14-29-15-19(21(25)26)22-20(24)11-13-23(27)28/h7,9,12,19H,5-6,8,10-11,13-15H2,1-4H3,(H,22,24)(H,25,26)/b17-9+,18-12+/t19-/m0/s1. The first-order chi connectivity index (χ1) is 13.6. The Morgan fingerprint density at radius 3 is 2.17 bits per heavy atom. The molecule has 7 nitrogen and oxygen atoms in total. The molecule has 164 valence electrons. The summed E-state index contributed by atoms with van der Waals surface area (Å²) in [6, 6.07) is -1.04. The van der Waals surface area contributed by atoms with Gasteiger partial charge >= 0.3 is 5.97 Å². The molecule has 0 rings (SSSR count). The monoisotopic (exact) mass is 426 g/mol. The zero-order chi connectivity index (χ0) is 22.2. The van der Waals surface area contributed by atoms with Gasteiger partial charge in [0.15, 0.2) is 0 Å². The molecular weight excluding hydrogens is 392 g/mol. The summed E-state index contributed by atoms with van der Waals surface area (Å²) < 4.78 is 0. The summed E-state index contributed by atoms with van der Waals surface area (Å²) in [4.78, 5) is 32.5. The highest BCUT2D eigenvalue weighted by Crippen LogP contribution is 2.13. The van der Waals surface area contributed by atoms with E-state index in [1.165, 1.54) is 28.5 Å². The molecule has 0 saturated heterocycles. The third-order valence-corrected chi connectivity index (χ3v) is 5.08. The lowest BCUT2D eigenvalue weighted by molar-refractivity contribution is -0.478. The van der Waals surface area contributed by atoms with Gasteiger partial charge in [-0.05, 0) is 53.4 Å². The minimum Gasteiger partial charge on any atom is -0.480 e. The number of nitrogens with one attached hydrogen (secondary N) is 1. The van der Waals surface area contributed by atoms with Crippen molar-refractivity contribution in [3.63, 3.8) is 0 Å². The lowest BCUT2D eigenvalue weighted by Crippen LogP contribution is -2.43. The normalized spacial score (nSPS) is 13.0. The van der Waals surface area contributed by atoms with Crippen LogP contribution in [0.2, 0.25) is 0 Å². The fourth-order valence-electron chi connectivity index (χ4n) is 2.36. The minimum absolute atomic E-state index is 0.215. The molecule has 0 aromatic carbocycles. The van der Waals surface area contributed by atoms with Crippen LogP contribution in [-0.2, 0) is 9.59 Å². The van der Waals surface area contributed by atoms with E-state index in [9.17, 15) is 24.8 Å². The van der Waals surface area contributed by atoms with Crippen LogP contribution in [0.25, 0.3) is 0 Å². The fraction of sp³-hybridized carbons (Fsp3) is 0.619. The van der Waals surface area contributed by atoms with E-state index in [1.54, 1.807) is 0 Å². The summed E-state index contributed by atoms with van der Waals surface area (Å²) in [5, 5.41) is 21.8. The summed E-state index contributed by atoms with van der Waals surface area (Å²) in [5.74, 6) is -0.884. The first kappa shape index (κ1) is 26.9. The summed E-state index contributed by atoms with van der Waals surface area (Å²) in [6.07, 6.45) is 10.4. The van der Waals surface area contributed by atoms with E-state index in [1.807, 2.05) is 0 Å². The van der Waals surface area contributed by atoms with Crippen molar-refractivity contribution < 1.29 is 19.6 Å². The number of hydrogen-bond donors (Lipinski definition) is 2. The molecule has 0 heterocycles. The molecule has 0 aromatic rings. The first-order valence-corrected chi connectivity index (χ1v) is 10.9. The molecule has 1 amide bonds. The Balaban J connectivity index is 4.20. The van der Waals surface area contributed by atoms with Gasteiger partial charge in [0, 0.05) is 16.4 Å². The molecule has 0 aromatic heterocycles. The number of nitro groups is 1. The minimum atomic E-state index is -1.14. The predicted molar refractivity (Wildman–Crippen MR) is 119 cm³/mol. The second kappa shape index (κ2) is 15.8. The number of thioether (sulfide) groups is 1. The van der Waals surface area contributed by atoms with Gasteiger partial charge in [-0.2, -0.15) is 11.8 Å². The highest BCUT2D eigenvalue weighted by Gasteiger charge is 2.20. The molecule has 2 N–H and O–H groups in total. The Morgan fingerprint density at radius 2 is 1.62 bits per heavy atom. The zero-order valence-electron chi connectivity index (χ0n) is 17.9. The molecule has 29 heavy (non-hydrogen) atoms. The van der Waals surface area contributed by atoms with Crippen LogP contribution in [0.15, 0.2) is 34.9 Å². The van der Waals surface area contributed by atoms with Crippen molar-refractivity contribution in [1.82, 2.24) is 5.32 Å². The van der Waals surface area contributed by atoms with Crippen LogP contribution >= 0.6 is 11.8 Å². The Labute approximate surface area is 177 Å². The quantitative estimate of drug-likeness (QED) is 0.174. The number of rotatable bonds is 15. The second-order valence-corrected chi connectivity index (χ2v) is 8.34. The maximum absolute atomic E-state index is 11.6. The van der Waals surface area contributed by atoms with Crippen LogP contribution < -0.4 is 5.32 Å². The molecule has 8 heteroatoms. The second-order valence-electron chi connectivity index (χ2n) is 7.26. The van der Waals surface area contributed by atoms with Gasteiger partial charge in [-0.1, -0.05) is 34.9 Å². The third kappa shape index (κ3) is 16.6. The maximum atomic E-state index is 11.6. The van der Waals surface area contributed by atoms with E-state index < -0.39 is 29.4 Å². The molecule has 0 aliphatic heterocycles. The van der Waals surface area contributed by atoms with Gasteiger partial charge in [-0.25, -0.2) is 4.79 Å².